The van der Waals surface area contributed by atoms with E-state index in [1.54, 1.807) is 0 Å². The topological polar surface area (TPSA) is 26.3 Å². The maximum Gasteiger partial charge on any atom is 0.183 e. The fourth-order valence-electron chi connectivity index (χ4n) is 1.29. The van der Waals surface area contributed by atoms with Crippen LogP contribution in [0.25, 0.3) is 0 Å². The van der Waals surface area contributed by atoms with Crippen molar-refractivity contribution in [3.05, 3.63) is 28.5 Å². The van der Waals surface area contributed by atoms with Gasteiger partial charge in [0.15, 0.2) is 17.3 Å². The van der Waals surface area contributed by atoms with Gasteiger partial charge in [-0.25, -0.2) is 4.39 Å². The van der Waals surface area contributed by atoms with Crippen molar-refractivity contribution in [2.24, 2.45) is 0 Å². The van der Waals surface area contributed by atoms with Gasteiger partial charge < -0.3 is 4.74 Å². The van der Waals surface area contributed by atoms with E-state index in [0.717, 1.165) is 6.07 Å². The molecule has 74 valence electrons. The fourth-order valence-corrected chi connectivity index (χ4v) is 1.87. The van der Waals surface area contributed by atoms with Crippen molar-refractivity contribution in [3.63, 3.8) is 0 Å². The van der Waals surface area contributed by atoms with Crippen molar-refractivity contribution < 1.29 is 13.9 Å². The Morgan fingerprint density at radius 1 is 1.57 bits per heavy atom. The number of fused-ring (bicyclic) bond motifs is 1. The van der Waals surface area contributed by atoms with E-state index in [2.05, 4.69) is 15.9 Å². The summed E-state index contributed by atoms with van der Waals surface area (Å²) in [6.45, 7) is 0.143. The number of carbonyl (C=O) groups excluding carboxylic acids is 1. The maximum atomic E-state index is 13.3. The molecular formula is C9H5BrClFO2. The summed E-state index contributed by atoms with van der Waals surface area (Å²) in [5, 5.41) is 0.194. The molecule has 0 aliphatic carbocycles. The molecule has 5 heteroatoms. The number of ketones is 1. The number of Topliss-reactive ketones (excluding diaryl/α,β-unsaturated/α-hetero) is 1. The molecule has 1 aromatic rings. The molecule has 1 aliphatic heterocycles. The lowest BCUT2D eigenvalue weighted by Crippen LogP contribution is -2.28. The first-order valence-electron chi connectivity index (χ1n) is 3.89. The normalized spacial score (nSPS) is 20.2. The van der Waals surface area contributed by atoms with Crippen molar-refractivity contribution >= 4 is 33.3 Å². The Morgan fingerprint density at radius 2 is 2.29 bits per heavy atom. The lowest BCUT2D eigenvalue weighted by atomic mass is 10.0. The number of rotatable bonds is 0. The van der Waals surface area contributed by atoms with Gasteiger partial charge in [0.2, 0.25) is 0 Å². The minimum atomic E-state index is -0.597. The van der Waals surface area contributed by atoms with E-state index < -0.39 is 10.6 Å². The zero-order valence-corrected chi connectivity index (χ0v) is 9.23. The van der Waals surface area contributed by atoms with Gasteiger partial charge in [-0.05, 0) is 12.1 Å². The Balaban J connectivity index is 2.60. The summed E-state index contributed by atoms with van der Waals surface area (Å²) in [5.74, 6) is -0.803. The Morgan fingerprint density at radius 3 is 3.00 bits per heavy atom. The third kappa shape index (κ3) is 1.53. The number of carbonyl (C=O) groups is 1. The quantitative estimate of drug-likeness (QED) is 0.683. The number of alkyl halides is 1. The highest BCUT2D eigenvalue weighted by molar-refractivity contribution is 9.10. The van der Waals surface area contributed by atoms with Gasteiger partial charge in [0.05, 0.1) is 5.56 Å². The summed E-state index contributed by atoms with van der Waals surface area (Å²) in [5.41, 5.74) is 0.197. The molecule has 0 fully saturated rings. The molecule has 1 unspecified atom stereocenters. The standard InChI is InChI=1S/C9H5BrClFO2/c10-6-3-14-9-5(8(6)13)1-4(11)2-7(9)12/h1-2,6H,3H2. The van der Waals surface area contributed by atoms with E-state index in [4.69, 9.17) is 16.3 Å². The van der Waals surface area contributed by atoms with Crippen LogP contribution < -0.4 is 4.74 Å². The van der Waals surface area contributed by atoms with Gasteiger partial charge in [0.25, 0.3) is 0 Å². The number of hydrogen-bond donors (Lipinski definition) is 0. The van der Waals surface area contributed by atoms with Crippen molar-refractivity contribution in [2.75, 3.05) is 6.61 Å². The average molecular weight is 279 g/mol. The number of ether oxygens (including phenoxy) is 1. The third-order valence-electron chi connectivity index (χ3n) is 1.93. The highest BCUT2D eigenvalue weighted by atomic mass is 79.9. The van der Waals surface area contributed by atoms with Crippen LogP contribution in [0.5, 0.6) is 5.75 Å². The third-order valence-corrected chi connectivity index (χ3v) is 2.83. The summed E-state index contributed by atoms with van der Waals surface area (Å²) in [7, 11) is 0. The second-order valence-corrected chi connectivity index (χ2v) is 4.45. The second-order valence-electron chi connectivity index (χ2n) is 2.91. The Bertz CT molecular complexity index is 408. The molecular weight excluding hydrogens is 274 g/mol. The molecule has 1 atom stereocenters. The molecule has 2 nitrogen and oxygen atoms in total. The first kappa shape index (κ1) is 9.93. The van der Waals surface area contributed by atoms with Gasteiger partial charge >= 0.3 is 0 Å². The number of hydrogen-bond acceptors (Lipinski definition) is 2. The van der Waals surface area contributed by atoms with E-state index in [0.29, 0.717) is 0 Å². The molecule has 2 rings (SSSR count). The van der Waals surface area contributed by atoms with Crippen molar-refractivity contribution in [2.45, 2.75) is 4.83 Å². The number of benzene rings is 1. The van der Waals surface area contributed by atoms with E-state index in [9.17, 15) is 9.18 Å². The van der Waals surface area contributed by atoms with Crippen molar-refractivity contribution in [1.82, 2.24) is 0 Å². The first-order chi connectivity index (χ1) is 6.59. The van der Waals surface area contributed by atoms with Crippen LogP contribution in [-0.4, -0.2) is 17.2 Å². The monoisotopic (exact) mass is 278 g/mol. The van der Waals surface area contributed by atoms with Crippen LogP contribution in [0.4, 0.5) is 4.39 Å². The molecule has 14 heavy (non-hydrogen) atoms. The smallest absolute Gasteiger partial charge is 0.183 e. The van der Waals surface area contributed by atoms with E-state index in [1.807, 2.05) is 0 Å². The Kier molecular flexibility index (Phi) is 2.49. The largest absolute Gasteiger partial charge is 0.488 e. The van der Waals surface area contributed by atoms with Gasteiger partial charge in [-0.1, -0.05) is 27.5 Å². The Hall–Kier alpha value is -0.610. The molecule has 0 saturated carbocycles. The lowest BCUT2D eigenvalue weighted by Gasteiger charge is -2.20. The highest BCUT2D eigenvalue weighted by Gasteiger charge is 2.29. The molecule has 1 heterocycles. The average Bonchev–Trinajstić information content (AvgIpc) is 2.12. The first-order valence-corrected chi connectivity index (χ1v) is 5.19. The lowest BCUT2D eigenvalue weighted by molar-refractivity contribution is 0.0942. The van der Waals surface area contributed by atoms with Crippen LogP contribution in [-0.2, 0) is 0 Å². The molecule has 0 radical (unpaired) electrons. The van der Waals surface area contributed by atoms with Gasteiger partial charge in [-0.15, -0.1) is 0 Å². The predicted molar refractivity (Wildman–Crippen MR) is 54.0 cm³/mol. The maximum absolute atomic E-state index is 13.3. The van der Waals surface area contributed by atoms with Gasteiger partial charge in [-0.2, -0.15) is 0 Å². The van der Waals surface area contributed by atoms with E-state index >= 15 is 0 Å². The minimum Gasteiger partial charge on any atom is -0.488 e. The highest BCUT2D eigenvalue weighted by Crippen LogP contribution is 2.32. The molecule has 0 saturated heterocycles. The SMILES string of the molecule is O=C1c2cc(Cl)cc(F)c2OCC1Br. The molecule has 1 aromatic carbocycles. The van der Waals surface area contributed by atoms with Gasteiger partial charge in [0.1, 0.15) is 11.4 Å². The van der Waals surface area contributed by atoms with Gasteiger partial charge in [0, 0.05) is 5.02 Å². The second kappa shape index (κ2) is 3.51. The summed E-state index contributed by atoms with van der Waals surface area (Å²) < 4.78 is 18.3. The molecule has 0 amide bonds. The van der Waals surface area contributed by atoms with Crippen LogP contribution in [0.1, 0.15) is 10.4 Å². The fraction of sp³-hybridized carbons (Fsp3) is 0.222. The summed E-state index contributed by atoms with van der Waals surface area (Å²) >= 11 is 8.76. The zero-order valence-electron chi connectivity index (χ0n) is 6.89. The molecule has 0 N–H and O–H groups in total. The van der Waals surface area contributed by atoms with Crippen LogP contribution in [0.3, 0.4) is 0 Å². The predicted octanol–water partition coefficient (Wildman–Crippen LogP) is 2.82. The van der Waals surface area contributed by atoms with E-state index in [1.165, 1.54) is 6.07 Å². The number of halogens is 3. The zero-order chi connectivity index (χ0) is 10.3. The van der Waals surface area contributed by atoms with E-state index in [-0.39, 0.29) is 28.7 Å². The Labute approximate surface area is 93.1 Å². The summed E-state index contributed by atoms with van der Waals surface area (Å²) in [4.78, 5) is 11.1. The molecule has 0 spiro atoms. The van der Waals surface area contributed by atoms with Crippen LogP contribution in [0, 0.1) is 5.82 Å². The molecule has 1 aliphatic rings. The van der Waals surface area contributed by atoms with Crippen molar-refractivity contribution in [3.8, 4) is 5.75 Å². The summed E-state index contributed by atoms with van der Waals surface area (Å²) in [6.07, 6.45) is 0. The minimum absolute atomic E-state index is 0.00454. The van der Waals surface area contributed by atoms with Crippen LogP contribution in [0.2, 0.25) is 5.02 Å². The van der Waals surface area contributed by atoms with Crippen LogP contribution >= 0.6 is 27.5 Å². The summed E-state index contributed by atoms with van der Waals surface area (Å²) in [6, 6.07) is 2.54. The van der Waals surface area contributed by atoms with Gasteiger partial charge in [-0.3, -0.25) is 4.79 Å². The van der Waals surface area contributed by atoms with Crippen LogP contribution in [0.15, 0.2) is 12.1 Å². The van der Waals surface area contributed by atoms with Crippen molar-refractivity contribution in [1.29, 1.82) is 0 Å². The molecule has 0 aromatic heterocycles. The molecule has 0 bridgehead atoms.